The molecule has 0 atom stereocenters. The van der Waals surface area contributed by atoms with Gasteiger partial charge in [-0.3, -0.25) is 0 Å². The molecule has 1 aromatic rings. The molecule has 2 saturated carbocycles. The summed E-state index contributed by atoms with van der Waals surface area (Å²) in [7, 11) is 0. The molecule has 25 heavy (non-hydrogen) atoms. The molecule has 2 heterocycles. The number of aromatic nitrogens is 2. The summed E-state index contributed by atoms with van der Waals surface area (Å²) in [5, 5.41) is 0. The van der Waals surface area contributed by atoms with Crippen LogP contribution in [0.25, 0.3) is 0 Å². The first kappa shape index (κ1) is 20.0. The topological polar surface area (TPSA) is 46.1 Å². The highest BCUT2D eigenvalue weighted by molar-refractivity contribution is 5.44. The van der Waals surface area contributed by atoms with Gasteiger partial charge in [0.25, 0.3) is 0 Å². The number of rotatable bonds is 2. The van der Waals surface area contributed by atoms with Gasteiger partial charge in [0, 0.05) is 18.4 Å². The van der Waals surface area contributed by atoms with Crippen LogP contribution < -0.4 is 0 Å². The Hall–Kier alpha value is -1.29. The van der Waals surface area contributed by atoms with Crippen LogP contribution in [0.3, 0.4) is 0 Å². The fourth-order valence-corrected chi connectivity index (χ4v) is 4.49. The van der Waals surface area contributed by atoms with Crippen molar-refractivity contribution in [1.29, 1.82) is 0 Å². The number of likely N-dealkylation sites (tertiary alicyclic amines) is 1. The van der Waals surface area contributed by atoms with Crippen molar-refractivity contribution >= 4 is 6.29 Å². The minimum atomic E-state index is 0.685. The maximum atomic E-state index is 8.81. The Labute approximate surface area is 153 Å². The molecule has 2 aliphatic carbocycles. The SMILES string of the molecule is CC.CC=O.Cc1ncc(C2CCN(C3CC4(CCC4)C3)CC2)cn1. The van der Waals surface area contributed by atoms with Crippen molar-refractivity contribution in [2.75, 3.05) is 13.1 Å². The van der Waals surface area contributed by atoms with Crippen LogP contribution in [0.5, 0.6) is 0 Å². The number of piperidine rings is 1. The van der Waals surface area contributed by atoms with Crippen molar-refractivity contribution < 1.29 is 4.79 Å². The molecule has 0 unspecified atom stereocenters. The summed E-state index contributed by atoms with van der Waals surface area (Å²) in [5.74, 6) is 1.57. The third kappa shape index (κ3) is 4.87. The van der Waals surface area contributed by atoms with E-state index in [1.54, 1.807) is 0 Å². The molecule has 1 aliphatic heterocycles. The first-order chi connectivity index (χ1) is 12.2. The molecule has 1 spiro atoms. The van der Waals surface area contributed by atoms with Crippen molar-refractivity contribution in [2.45, 2.75) is 84.6 Å². The van der Waals surface area contributed by atoms with E-state index >= 15 is 0 Å². The van der Waals surface area contributed by atoms with Gasteiger partial charge < -0.3 is 9.69 Å². The number of aryl methyl sites for hydroxylation is 1. The number of hydrogen-bond acceptors (Lipinski definition) is 4. The Morgan fingerprint density at radius 2 is 1.64 bits per heavy atom. The fraction of sp³-hybridized carbons (Fsp3) is 0.762. The van der Waals surface area contributed by atoms with Crippen molar-refractivity contribution in [2.24, 2.45) is 5.41 Å². The maximum absolute atomic E-state index is 8.81. The average molecular weight is 346 g/mol. The number of hydrogen-bond donors (Lipinski definition) is 0. The molecule has 4 rings (SSSR count). The predicted molar refractivity (Wildman–Crippen MR) is 103 cm³/mol. The van der Waals surface area contributed by atoms with Crippen molar-refractivity contribution in [3.63, 3.8) is 0 Å². The van der Waals surface area contributed by atoms with Gasteiger partial charge in [-0.25, -0.2) is 9.97 Å². The summed E-state index contributed by atoms with van der Waals surface area (Å²) in [6, 6.07) is 0.908. The lowest BCUT2D eigenvalue weighted by molar-refractivity contribution is -0.106. The largest absolute Gasteiger partial charge is 0.304 e. The van der Waals surface area contributed by atoms with E-state index in [0.29, 0.717) is 5.92 Å². The highest BCUT2D eigenvalue weighted by Gasteiger charge is 2.50. The predicted octanol–water partition coefficient (Wildman–Crippen LogP) is 4.53. The first-order valence-corrected chi connectivity index (χ1v) is 10.1. The molecule has 0 bridgehead atoms. The summed E-state index contributed by atoms with van der Waals surface area (Å²) in [5.41, 5.74) is 2.16. The Bertz CT molecular complexity index is 508. The van der Waals surface area contributed by atoms with Crippen LogP contribution in [-0.4, -0.2) is 40.3 Å². The monoisotopic (exact) mass is 345 g/mol. The van der Waals surface area contributed by atoms with Crippen LogP contribution in [0.1, 0.15) is 83.0 Å². The van der Waals surface area contributed by atoms with E-state index in [2.05, 4.69) is 14.9 Å². The molecule has 0 radical (unpaired) electrons. The van der Waals surface area contributed by atoms with E-state index in [0.717, 1.165) is 23.6 Å². The molecular weight excluding hydrogens is 310 g/mol. The normalized spacial score (nSPS) is 22.6. The Kier molecular flexibility index (Phi) is 7.55. The van der Waals surface area contributed by atoms with Crippen LogP contribution in [0, 0.1) is 12.3 Å². The van der Waals surface area contributed by atoms with Gasteiger partial charge in [-0.15, -0.1) is 0 Å². The van der Waals surface area contributed by atoms with Crippen LogP contribution >= 0.6 is 0 Å². The molecule has 3 fully saturated rings. The van der Waals surface area contributed by atoms with Gasteiger partial charge in [0.2, 0.25) is 0 Å². The molecule has 4 nitrogen and oxygen atoms in total. The summed E-state index contributed by atoms with van der Waals surface area (Å²) in [6.45, 7) is 9.96. The van der Waals surface area contributed by atoms with Gasteiger partial charge in [0.05, 0.1) is 0 Å². The van der Waals surface area contributed by atoms with Gasteiger partial charge in [-0.2, -0.15) is 0 Å². The van der Waals surface area contributed by atoms with Crippen LogP contribution in [0.4, 0.5) is 0 Å². The van der Waals surface area contributed by atoms with E-state index in [4.69, 9.17) is 4.79 Å². The zero-order valence-corrected chi connectivity index (χ0v) is 16.5. The minimum Gasteiger partial charge on any atom is -0.304 e. The molecule has 0 aromatic carbocycles. The van der Waals surface area contributed by atoms with E-state index in [-0.39, 0.29) is 0 Å². The summed E-state index contributed by atoms with van der Waals surface area (Å²) in [4.78, 5) is 20.3. The van der Waals surface area contributed by atoms with Crippen molar-refractivity contribution in [3.8, 4) is 0 Å². The molecule has 3 aliphatic rings. The highest BCUT2D eigenvalue weighted by Crippen LogP contribution is 2.57. The molecule has 140 valence electrons. The highest BCUT2D eigenvalue weighted by atomic mass is 16.1. The Morgan fingerprint density at radius 1 is 1.12 bits per heavy atom. The number of carbonyl (C=O) groups excluding carboxylic acids is 1. The van der Waals surface area contributed by atoms with Crippen LogP contribution in [0.2, 0.25) is 0 Å². The third-order valence-corrected chi connectivity index (χ3v) is 6.07. The Balaban J connectivity index is 0.000000410. The van der Waals surface area contributed by atoms with Gasteiger partial charge in [-0.1, -0.05) is 20.3 Å². The van der Waals surface area contributed by atoms with Crippen LogP contribution in [-0.2, 0) is 4.79 Å². The second kappa shape index (κ2) is 9.42. The van der Waals surface area contributed by atoms with E-state index < -0.39 is 0 Å². The lowest BCUT2D eigenvalue weighted by atomic mass is 9.53. The smallest absolute Gasteiger partial charge is 0.125 e. The van der Waals surface area contributed by atoms with Gasteiger partial charge >= 0.3 is 0 Å². The molecular formula is C21H35N3O. The zero-order valence-electron chi connectivity index (χ0n) is 16.5. The van der Waals surface area contributed by atoms with Gasteiger partial charge in [0.1, 0.15) is 12.1 Å². The van der Waals surface area contributed by atoms with E-state index in [1.165, 1.54) is 70.5 Å². The molecule has 1 saturated heterocycles. The maximum Gasteiger partial charge on any atom is 0.125 e. The summed E-state index contributed by atoms with van der Waals surface area (Å²) >= 11 is 0. The first-order valence-electron chi connectivity index (χ1n) is 10.1. The summed E-state index contributed by atoms with van der Waals surface area (Å²) < 4.78 is 0. The lowest BCUT2D eigenvalue weighted by Gasteiger charge is -2.58. The minimum absolute atomic E-state index is 0.685. The fourth-order valence-electron chi connectivity index (χ4n) is 4.49. The second-order valence-electron chi connectivity index (χ2n) is 7.53. The third-order valence-electron chi connectivity index (χ3n) is 6.07. The van der Waals surface area contributed by atoms with Gasteiger partial charge in [0.15, 0.2) is 0 Å². The number of nitrogens with zero attached hydrogens (tertiary/aromatic N) is 3. The number of carbonyl (C=O) groups is 1. The van der Waals surface area contributed by atoms with E-state index in [1.807, 2.05) is 33.2 Å². The number of aldehydes is 1. The van der Waals surface area contributed by atoms with Crippen molar-refractivity contribution in [1.82, 2.24) is 14.9 Å². The standard InChI is InChI=1S/C17H25N3.C2H4O.C2H6/c1-13-18-11-15(12-19-13)14-3-7-20(8-4-14)16-9-17(10-16)5-2-6-17;1-2-3;1-2/h11-12,14,16H,2-10H2,1H3;2H,1H3;1-2H3. The molecule has 0 N–H and O–H groups in total. The lowest BCUT2D eigenvalue weighted by Crippen LogP contribution is -2.55. The van der Waals surface area contributed by atoms with Crippen LogP contribution in [0.15, 0.2) is 12.4 Å². The van der Waals surface area contributed by atoms with Gasteiger partial charge in [-0.05, 0) is 82.4 Å². The average Bonchev–Trinajstić information content (AvgIpc) is 2.56. The summed E-state index contributed by atoms with van der Waals surface area (Å²) in [6.07, 6.45) is 14.9. The Morgan fingerprint density at radius 3 is 2.08 bits per heavy atom. The van der Waals surface area contributed by atoms with Crippen molar-refractivity contribution in [3.05, 3.63) is 23.8 Å². The quantitative estimate of drug-likeness (QED) is 0.739. The molecule has 4 heteroatoms. The zero-order chi connectivity index (χ0) is 18.3. The second-order valence-corrected chi connectivity index (χ2v) is 7.53. The molecule has 1 aromatic heterocycles. The molecule has 0 amide bonds. The van der Waals surface area contributed by atoms with E-state index in [9.17, 15) is 0 Å².